The van der Waals surface area contributed by atoms with Crippen LogP contribution in [-0.4, -0.2) is 61.0 Å². The average Bonchev–Trinajstić information content (AvgIpc) is 2.79. The molecule has 2 heterocycles. The van der Waals surface area contributed by atoms with E-state index in [0.29, 0.717) is 25.5 Å². The van der Waals surface area contributed by atoms with Crippen molar-refractivity contribution in [2.75, 3.05) is 44.2 Å². The van der Waals surface area contributed by atoms with E-state index in [1.807, 2.05) is 36.1 Å². The standard InChI is InChI=1S/C22H30N6O/c1-2-23-22(26-18-19-8-6-7-12-24-19)25-13-11-21(29)28-16-14-27(15-17-28)20-9-4-3-5-10-20/h3-10,12H,2,11,13-18H2,1H3,(H2,23,25,26). The summed E-state index contributed by atoms with van der Waals surface area (Å²) in [4.78, 5) is 25.7. The number of guanidine groups is 1. The molecular formula is C22H30N6O. The summed E-state index contributed by atoms with van der Waals surface area (Å²) in [5.41, 5.74) is 2.14. The van der Waals surface area contributed by atoms with E-state index in [2.05, 4.69) is 49.8 Å². The number of para-hydroxylation sites is 1. The third-order valence-corrected chi connectivity index (χ3v) is 4.85. The lowest BCUT2D eigenvalue weighted by Gasteiger charge is -2.36. The van der Waals surface area contributed by atoms with Crippen LogP contribution in [0.4, 0.5) is 5.69 Å². The van der Waals surface area contributed by atoms with Gasteiger partial charge in [0.15, 0.2) is 5.96 Å². The highest BCUT2D eigenvalue weighted by Gasteiger charge is 2.20. The quantitative estimate of drug-likeness (QED) is 0.554. The van der Waals surface area contributed by atoms with Crippen LogP contribution in [0.2, 0.25) is 0 Å². The van der Waals surface area contributed by atoms with Gasteiger partial charge in [0.05, 0.1) is 12.2 Å². The maximum Gasteiger partial charge on any atom is 0.224 e. The van der Waals surface area contributed by atoms with Gasteiger partial charge in [-0.15, -0.1) is 0 Å². The molecule has 1 aromatic heterocycles. The molecule has 1 saturated heterocycles. The molecule has 0 saturated carbocycles. The second kappa shape index (κ2) is 11.0. The zero-order valence-electron chi connectivity index (χ0n) is 17.1. The molecular weight excluding hydrogens is 364 g/mol. The van der Waals surface area contributed by atoms with Crippen LogP contribution in [0.25, 0.3) is 0 Å². The Morgan fingerprint density at radius 2 is 1.79 bits per heavy atom. The molecule has 1 fully saturated rings. The summed E-state index contributed by atoms with van der Waals surface area (Å²) in [7, 11) is 0. The summed E-state index contributed by atoms with van der Waals surface area (Å²) >= 11 is 0. The molecule has 0 aliphatic carbocycles. The first kappa shape index (κ1) is 20.6. The van der Waals surface area contributed by atoms with Gasteiger partial charge in [0.2, 0.25) is 5.91 Å². The van der Waals surface area contributed by atoms with E-state index in [1.54, 1.807) is 6.20 Å². The number of nitrogens with one attached hydrogen (secondary N) is 2. The van der Waals surface area contributed by atoms with Crippen LogP contribution in [-0.2, 0) is 11.3 Å². The van der Waals surface area contributed by atoms with Gasteiger partial charge < -0.3 is 20.4 Å². The number of nitrogens with zero attached hydrogens (tertiary/aromatic N) is 4. The van der Waals surface area contributed by atoms with Gasteiger partial charge in [0.25, 0.3) is 0 Å². The van der Waals surface area contributed by atoms with Crippen LogP contribution in [0, 0.1) is 0 Å². The number of aromatic nitrogens is 1. The molecule has 29 heavy (non-hydrogen) atoms. The lowest BCUT2D eigenvalue weighted by Crippen LogP contribution is -2.49. The minimum Gasteiger partial charge on any atom is -0.368 e. The summed E-state index contributed by atoms with van der Waals surface area (Å²) in [6, 6.07) is 16.2. The minimum atomic E-state index is 0.186. The van der Waals surface area contributed by atoms with Crippen molar-refractivity contribution in [3.63, 3.8) is 0 Å². The zero-order valence-corrected chi connectivity index (χ0v) is 17.1. The number of carbonyl (C=O) groups is 1. The van der Waals surface area contributed by atoms with Crippen molar-refractivity contribution in [1.82, 2.24) is 20.5 Å². The molecule has 2 aromatic rings. The van der Waals surface area contributed by atoms with Crippen molar-refractivity contribution in [2.45, 2.75) is 19.9 Å². The van der Waals surface area contributed by atoms with Gasteiger partial charge in [-0.3, -0.25) is 9.78 Å². The second-order valence-electron chi connectivity index (χ2n) is 6.90. The second-order valence-corrected chi connectivity index (χ2v) is 6.90. The molecule has 0 unspecified atom stereocenters. The van der Waals surface area contributed by atoms with E-state index in [0.717, 1.165) is 38.4 Å². The number of carbonyl (C=O) groups excluding carboxylic acids is 1. The number of piperazine rings is 1. The third-order valence-electron chi connectivity index (χ3n) is 4.85. The van der Waals surface area contributed by atoms with Crippen molar-refractivity contribution >= 4 is 17.6 Å². The number of benzene rings is 1. The van der Waals surface area contributed by atoms with Crippen molar-refractivity contribution in [3.05, 3.63) is 60.4 Å². The lowest BCUT2D eigenvalue weighted by atomic mass is 10.2. The fourth-order valence-electron chi connectivity index (χ4n) is 3.29. The van der Waals surface area contributed by atoms with Gasteiger partial charge in [-0.25, -0.2) is 4.99 Å². The van der Waals surface area contributed by atoms with Crippen molar-refractivity contribution < 1.29 is 4.79 Å². The third kappa shape index (κ3) is 6.48. The summed E-state index contributed by atoms with van der Waals surface area (Å²) in [5, 5.41) is 6.46. The van der Waals surface area contributed by atoms with Crippen LogP contribution >= 0.6 is 0 Å². The largest absolute Gasteiger partial charge is 0.368 e. The van der Waals surface area contributed by atoms with Crippen LogP contribution in [0.3, 0.4) is 0 Å². The van der Waals surface area contributed by atoms with E-state index < -0.39 is 0 Å². The van der Waals surface area contributed by atoms with E-state index in [1.165, 1.54) is 5.69 Å². The number of hydrogen-bond donors (Lipinski definition) is 2. The van der Waals surface area contributed by atoms with Gasteiger partial charge in [-0.2, -0.15) is 0 Å². The predicted octanol–water partition coefficient (Wildman–Crippen LogP) is 1.88. The Bertz CT molecular complexity index is 772. The normalized spacial score (nSPS) is 14.6. The van der Waals surface area contributed by atoms with Crippen molar-refractivity contribution in [3.8, 4) is 0 Å². The number of anilines is 1. The molecule has 7 heteroatoms. The molecule has 2 N–H and O–H groups in total. The Morgan fingerprint density at radius 1 is 1.03 bits per heavy atom. The van der Waals surface area contributed by atoms with E-state index in [9.17, 15) is 4.79 Å². The minimum absolute atomic E-state index is 0.186. The monoisotopic (exact) mass is 394 g/mol. The fourth-order valence-corrected chi connectivity index (χ4v) is 3.29. The first-order valence-corrected chi connectivity index (χ1v) is 10.3. The Labute approximate surface area is 172 Å². The Balaban J connectivity index is 1.41. The highest BCUT2D eigenvalue weighted by molar-refractivity contribution is 5.81. The molecule has 1 aliphatic rings. The topological polar surface area (TPSA) is 72.9 Å². The van der Waals surface area contributed by atoms with E-state index >= 15 is 0 Å². The SMILES string of the molecule is CCNC(=NCc1ccccn1)NCCC(=O)N1CCN(c2ccccc2)CC1. The predicted molar refractivity (Wildman–Crippen MR) is 117 cm³/mol. The molecule has 0 atom stereocenters. The first-order chi connectivity index (χ1) is 14.3. The number of amides is 1. The van der Waals surface area contributed by atoms with Gasteiger partial charge in [-0.1, -0.05) is 24.3 Å². The zero-order chi connectivity index (χ0) is 20.3. The van der Waals surface area contributed by atoms with Crippen molar-refractivity contribution in [1.29, 1.82) is 0 Å². The fraction of sp³-hybridized carbons (Fsp3) is 0.409. The lowest BCUT2D eigenvalue weighted by molar-refractivity contribution is -0.131. The molecule has 0 radical (unpaired) electrons. The molecule has 1 aromatic carbocycles. The number of hydrogen-bond acceptors (Lipinski definition) is 4. The summed E-state index contributed by atoms with van der Waals surface area (Å²) in [6.45, 7) is 7.13. The summed E-state index contributed by atoms with van der Waals surface area (Å²) < 4.78 is 0. The van der Waals surface area contributed by atoms with E-state index in [-0.39, 0.29) is 5.91 Å². The molecule has 7 nitrogen and oxygen atoms in total. The molecule has 0 spiro atoms. The number of rotatable bonds is 7. The summed E-state index contributed by atoms with van der Waals surface area (Å²) in [5.74, 6) is 0.894. The molecule has 154 valence electrons. The van der Waals surface area contributed by atoms with E-state index in [4.69, 9.17) is 0 Å². The van der Waals surface area contributed by atoms with Gasteiger partial charge in [-0.05, 0) is 31.2 Å². The average molecular weight is 395 g/mol. The molecule has 3 rings (SSSR count). The van der Waals surface area contributed by atoms with Gasteiger partial charge in [0.1, 0.15) is 0 Å². The maximum atomic E-state index is 12.6. The van der Waals surface area contributed by atoms with Gasteiger partial charge in [0, 0.05) is 57.6 Å². The van der Waals surface area contributed by atoms with Gasteiger partial charge >= 0.3 is 0 Å². The van der Waals surface area contributed by atoms with Crippen LogP contribution in [0.1, 0.15) is 19.0 Å². The van der Waals surface area contributed by atoms with Crippen LogP contribution < -0.4 is 15.5 Å². The van der Waals surface area contributed by atoms with Crippen LogP contribution in [0.5, 0.6) is 0 Å². The maximum absolute atomic E-state index is 12.6. The molecule has 1 amide bonds. The highest BCUT2D eigenvalue weighted by Crippen LogP contribution is 2.15. The van der Waals surface area contributed by atoms with Crippen molar-refractivity contribution in [2.24, 2.45) is 4.99 Å². The van der Waals surface area contributed by atoms with Crippen LogP contribution in [0.15, 0.2) is 59.7 Å². The Hall–Kier alpha value is -3.09. The Kier molecular flexibility index (Phi) is 7.86. The summed E-state index contributed by atoms with van der Waals surface area (Å²) in [6.07, 6.45) is 2.22. The molecule has 0 bridgehead atoms. The first-order valence-electron chi connectivity index (χ1n) is 10.3. The Morgan fingerprint density at radius 3 is 2.48 bits per heavy atom. The smallest absolute Gasteiger partial charge is 0.224 e. The highest BCUT2D eigenvalue weighted by atomic mass is 16.2. The molecule has 1 aliphatic heterocycles. The number of aliphatic imine (C=N–C) groups is 1. The number of pyridine rings is 1.